The number of nitrogens with one attached hydrogen (secondary N) is 1. The van der Waals surface area contributed by atoms with E-state index in [-0.39, 0.29) is 13.0 Å². The van der Waals surface area contributed by atoms with Crippen molar-refractivity contribution in [1.29, 1.82) is 0 Å². The fraction of sp³-hybridized carbons (Fsp3) is 0.412. The molecule has 24 heavy (non-hydrogen) atoms. The lowest BCUT2D eigenvalue weighted by Crippen LogP contribution is -2.34. The van der Waals surface area contributed by atoms with Crippen molar-refractivity contribution in [1.82, 2.24) is 9.55 Å². The van der Waals surface area contributed by atoms with Crippen LogP contribution in [0.2, 0.25) is 0 Å². The molecule has 1 fully saturated rings. The summed E-state index contributed by atoms with van der Waals surface area (Å²) in [4.78, 5) is 26.3. The SMILES string of the molecule is O=c1[nH]c(=O)n(C2CC(O)C(CO)O2)cc1CCc1ccccc1. The van der Waals surface area contributed by atoms with Crippen molar-refractivity contribution in [3.8, 4) is 0 Å². The fourth-order valence-corrected chi connectivity index (χ4v) is 2.89. The lowest BCUT2D eigenvalue weighted by atomic mass is 10.1. The van der Waals surface area contributed by atoms with Crippen LogP contribution in [0.4, 0.5) is 0 Å². The van der Waals surface area contributed by atoms with E-state index in [1.165, 1.54) is 10.8 Å². The molecular weight excluding hydrogens is 312 g/mol. The molecule has 0 saturated carbocycles. The van der Waals surface area contributed by atoms with E-state index in [9.17, 15) is 14.7 Å². The monoisotopic (exact) mass is 332 g/mol. The molecule has 7 nitrogen and oxygen atoms in total. The zero-order valence-electron chi connectivity index (χ0n) is 13.1. The summed E-state index contributed by atoms with van der Waals surface area (Å²) in [5.74, 6) is 0. The van der Waals surface area contributed by atoms with Crippen LogP contribution in [0.5, 0.6) is 0 Å². The number of H-pyrrole nitrogens is 1. The van der Waals surface area contributed by atoms with E-state index in [0.29, 0.717) is 18.4 Å². The van der Waals surface area contributed by atoms with Crippen molar-refractivity contribution < 1.29 is 14.9 Å². The second-order valence-electron chi connectivity index (χ2n) is 5.92. The average molecular weight is 332 g/mol. The molecule has 0 radical (unpaired) electrons. The van der Waals surface area contributed by atoms with Gasteiger partial charge in [0, 0.05) is 18.2 Å². The molecular formula is C17H20N2O5. The normalized spacial score (nSPS) is 23.5. The summed E-state index contributed by atoms with van der Waals surface area (Å²) >= 11 is 0. The maximum Gasteiger partial charge on any atom is 0.330 e. The minimum absolute atomic E-state index is 0.190. The average Bonchev–Trinajstić information content (AvgIpc) is 2.95. The minimum Gasteiger partial charge on any atom is -0.394 e. The summed E-state index contributed by atoms with van der Waals surface area (Å²) in [6, 6.07) is 9.75. The molecule has 1 saturated heterocycles. The van der Waals surface area contributed by atoms with Crippen molar-refractivity contribution in [3.63, 3.8) is 0 Å². The molecule has 0 amide bonds. The van der Waals surface area contributed by atoms with Crippen LogP contribution in [0.1, 0.15) is 23.8 Å². The predicted octanol–water partition coefficient (Wildman–Crippen LogP) is -0.0375. The summed E-state index contributed by atoms with van der Waals surface area (Å²) in [5, 5.41) is 19.0. The van der Waals surface area contributed by atoms with Crippen LogP contribution in [0.25, 0.3) is 0 Å². The Labute approximate surface area is 138 Å². The number of ether oxygens (including phenoxy) is 1. The Hall–Kier alpha value is -2.22. The maximum absolute atomic E-state index is 12.0. The third-order valence-electron chi connectivity index (χ3n) is 4.26. The van der Waals surface area contributed by atoms with E-state index < -0.39 is 29.7 Å². The third kappa shape index (κ3) is 3.48. The van der Waals surface area contributed by atoms with Crippen LogP contribution in [0, 0.1) is 0 Å². The Bertz CT molecular complexity index is 799. The molecule has 1 aromatic heterocycles. The van der Waals surface area contributed by atoms with E-state index in [1.54, 1.807) is 0 Å². The Morgan fingerprint density at radius 1 is 1.21 bits per heavy atom. The first-order chi connectivity index (χ1) is 11.6. The molecule has 0 aliphatic carbocycles. The topological polar surface area (TPSA) is 105 Å². The fourth-order valence-electron chi connectivity index (χ4n) is 2.89. The summed E-state index contributed by atoms with van der Waals surface area (Å²) in [5.41, 5.74) is 0.579. The van der Waals surface area contributed by atoms with Gasteiger partial charge in [0.2, 0.25) is 0 Å². The minimum atomic E-state index is -0.841. The molecule has 3 rings (SSSR count). The molecule has 2 heterocycles. The highest BCUT2D eigenvalue weighted by Crippen LogP contribution is 2.27. The first-order valence-corrected chi connectivity index (χ1v) is 7.91. The number of rotatable bonds is 5. The van der Waals surface area contributed by atoms with Gasteiger partial charge in [0.05, 0.1) is 12.7 Å². The predicted molar refractivity (Wildman–Crippen MR) is 86.8 cm³/mol. The van der Waals surface area contributed by atoms with Crippen LogP contribution >= 0.6 is 0 Å². The van der Waals surface area contributed by atoms with Crippen LogP contribution in [-0.2, 0) is 17.6 Å². The van der Waals surface area contributed by atoms with Gasteiger partial charge in [0.15, 0.2) is 0 Å². The van der Waals surface area contributed by atoms with Gasteiger partial charge >= 0.3 is 5.69 Å². The molecule has 128 valence electrons. The number of aryl methyl sites for hydroxylation is 2. The number of benzene rings is 1. The van der Waals surface area contributed by atoms with Crippen molar-refractivity contribution in [2.75, 3.05) is 6.61 Å². The summed E-state index contributed by atoms with van der Waals surface area (Å²) in [7, 11) is 0. The highest BCUT2D eigenvalue weighted by atomic mass is 16.5. The smallest absolute Gasteiger partial charge is 0.330 e. The molecule has 3 atom stereocenters. The highest BCUT2D eigenvalue weighted by molar-refractivity contribution is 5.17. The van der Waals surface area contributed by atoms with E-state index in [4.69, 9.17) is 9.84 Å². The number of nitrogens with zero attached hydrogens (tertiary/aromatic N) is 1. The number of aromatic nitrogens is 2. The van der Waals surface area contributed by atoms with Gasteiger partial charge in [-0.25, -0.2) is 4.79 Å². The molecule has 1 aliphatic rings. The van der Waals surface area contributed by atoms with Crippen molar-refractivity contribution in [3.05, 3.63) is 68.5 Å². The van der Waals surface area contributed by atoms with Gasteiger partial charge in [-0.15, -0.1) is 0 Å². The zero-order valence-corrected chi connectivity index (χ0v) is 13.1. The van der Waals surface area contributed by atoms with Gasteiger partial charge in [0.1, 0.15) is 12.3 Å². The van der Waals surface area contributed by atoms with Gasteiger partial charge in [-0.3, -0.25) is 14.3 Å². The van der Waals surface area contributed by atoms with Gasteiger partial charge in [0.25, 0.3) is 5.56 Å². The number of aromatic amines is 1. The zero-order chi connectivity index (χ0) is 17.1. The van der Waals surface area contributed by atoms with Crippen molar-refractivity contribution in [2.24, 2.45) is 0 Å². The maximum atomic E-state index is 12.0. The first-order valence-electron chi connectivity index (χ1n) is 7.91. The number of aliphatic hydroxyl groups excluding tert-OH is 2. The van der Waals surface area contributed by atoms with Crippen molar-refractivity contribution >= 4 is 0 Å². The second-order valence-corrected chi connectivity index (χ2v) is 5.92. The Kier molecular flexibility index (Phi) is 4.94. The molecule has 3 N–H and O–H groups in total. The van der Waals surface area contributed by atoms with E-state index in [0.717, 1.165) is 5.56 Å². The quantitative estimate of drug-likeness (QED) is 0.713. The van der Waals surface area contributed by atoms with Gasteiger partial charge in [-0.2, -0.15) is 0 Å². The van der Waals surface area contributed by atoms with Crippen molar-refractivity contribution in [2.45, 2.75) is 37.7 Å². The molecule has 0 spiro atoms. The van der Waals surface area contributed by atoms with Gasteiger partial charge in [-0.05, 0) is 18.4 Å². The molecule has 1 aromatic carbocycles. The van der Waals surface area contributed by atoms with E-state index >= 15 is 0 Å². The van der Waals surface area contributed by atoms with Crippen LogP contribution in [0.15, 0.2) is 46.1 Å². The Morgan fingerprint density at radius 3 is 2.62 bits per heavy atom. The van der Waals surface area contributed by atoms with Crippen LogP contribution < -0.4 is 11.2 Å². The number of hydrogen-bond donors (Lipinski definition) is 3. The lowest BCUT2D eigenvalue weighted by Gasteiger charge is -2.15. The van der Waals surface area contributed by atoms with Gasteiger partial charge < -0.3 is 14.9 Å². The molecule has 7 heteroatoms. The standard InChI is InChI=1S/C17H20N2O5/c20-10-14-13(21)8-15(24-14)19-9-12(16(22)18-17(19)23)7-6-11-4-2-1-3-5-11/h1-5,9,13-15,20-21H,6-8,10H2,(H,18,22,23). The highest BCUT2D eigenvalue weighted by Gasteiger charge is 2.35. The first kappa shape index (κ1) is 16.6. The largest absolute Gasteiger partial charge is 0.394 e. The van der Waals surface area contributed by atoms with E-state index in [1.807, 2.05) is 30.3 Å². The summed E-state index contributed by atoms with van der Waals surface area (Å²) < 4.78 is 6.77. The Balaban J connectivity index is 1.81. The molecule has 3 unspecified atom stereocenters. The number of hydrogen-bond acceptors (Lipinski definition) is 5. The molecule has 0 bridgehead atoms. The van der Waals surface area contributed by atoms with Crippen LogP contribution in [-0.4, -0.2) is 38.6 Å². The molecule has 1 aliphatic heterocycles. The lowest BCUT2D eigenvalue weighted by molar-refractivity contribution is -0.0460. The van der Waals surface area contributed by atoms with E-state index in [2.05, 4.69) is 4.98 Å². The Morgan fingerprint density at radius 2 is 1.96 bits per heavy atom. The van der Waals surface area contributed by atoms with Gasteiger partial charge in [-0.1, -0.05) is 30.3 Å². The van der Waals surface area contributed by atoms with Crippen LogP contribution in [0.3, 0.4) is 0 Å². The summed E-state index contributed by atoms with van der Waals surface area (Å²) in [6.07, 6.45) is 0.579. The number of aliphatic hydroxyl groups is 2. The second kappa shape index (κ2) is 7.12. The molecule has 2 aromatic rings. The third-order valence-corrected chi connectivity index (χ3v) is 4.26. The summed E-state index contributed by atoms with van der Waals surface area (Å²) in [6.45, 7) is -0.323.